The van der Waals surface area contributed by atoms with E-state index in [1.807, 2.05) is 0 Å². The third-order valence-electron chi connectivity index (χ3n) is 4.13. The van der Waals surface area contributed by atoms with Gasteiger partial charge in [-0.05, 0) is 48.0 Å². The summed E-state index contributed by atoms with van der Waals surface area (Å²) in [7, 11) is 0. The van der Waals surface area contributed by atoms with Gasteiger partial charge in [0.25, 0.3) is 5.91 Å². The number of para-hydroxylation sites is 1. The van der Waals surface area contributed by atoms with Crippen LogP contribution in [0.3, 0.4) is 0 Å². The van der Waals surface area contributed by atoms with Crippen LogP contribution in [0, 0.1) is 0 Å². The lowest BCUT2D eigenvalue weighted by Gasteiger charge is -2.13. The van der Waals surface area contributed by atoms with Gasteiger partial charge in [-0.2, -0.15) is 13.2 Å². The number of halogens is 3. The molecular formula is C23H16F3NO4. The van der Waals surface area contributed by atoms with Crippen LogP contribution in [-0.2, 0) is 11.0 Å². The predicted octanol–water partition coefficient (Wildman–Crippen LogP) is 5.35. The molecule has 8 heteroatoms. The average molecular weight is 427 g/mol. The van der Waals surface area contributed by atoms with E-state index in [1.165, 1.54) is 48.5 Å². The van der Waals surface area contributed by atoms with Crippen molar-refractivity contribution in [1.82, 2.24) is 5.32 Å². The summed E-state index contributed by atoms with van der Waals surface area (Å²) in [6, 6.07) is 18.6. The van der Waals surface area contributed by atoms with E-state index in [2.05, 4.69) is 5.32 Å². The zero-order valence-electron chi connectivity index (χ0n) is 15.9. The van der Waals surface area contributed by atoms with Crippen molar-refractivity contribution >= 4 is 18.0 Å². The molecule has 3 aromatic carbocycles. The molecule has 5 nitrogen and oxygen atoms in total. The third kappa shape index (κ3) is 5.72. The first kappa shape index (κ1) is 21.6. The van der Waals surface area contributed by atoms with Crippen LogP contribution in [0.1, 0.15) is 21.5 Å². The highest BCUT2D eigenvalue weighted by atomic mass is 19.4. The average Bonchev–Trinajstić information content (AvgIpc) is 2.74. The minimum Gasteiger partial charge on any atom is -0.477 e. The SMILES string of the molecule is O=C(O)C(=Cc1ccc(Oc2ccccc2C(F)(F)F)cc1)NC(=O)c1ccccc1. The fourth-order valence-corrected chi connectivity index (χ4v) is 2.65. The van der Waals surface area contributed by atoms with E-state index in [4.69, 9.17) is 4.74 Å². The van der Waals surface area contributed by atoms with Crippen LogP contribution in [0.25, 0.3) is 6.08 Å². The summed E-state index contributed by atoms with van der Waals surface area (Å²) >= 11 is 0. The molecule has 0 aliphatic heterocycles. The van der Waals surface area contributed by atoms with Gasteiger partial charge in [-0.3, -0.25) is 4.79 Å². The number of carboxylic acid groups (broad SMARTS) is 1. The summed E-state index contributed by atoms with van der Waals surface area (Å²) < 4.78 is 44.6. The number of aliphatic carboxylic acids is 1. The molecular weight excluding hydrogens is 411 g/mol. The zero-order valence-corrected chi connectivity index (χ0v) is 15.9. The molecule has 31 heavy (non-hydrogen) atoms. The maximum absolute atomic E-state index is 13.1. The number of carbonyl (C=O) groups is 2. The second kappa shape index (κ2) is 9.17. The number of rotatable bonds is 6. The normalized spacial score (nSPS) is 11.6. The summed E-state index contributed by atoms with van der Waals surface area (Å²) in [5.74, 6) is -2.14. The van der Waals surface area contributed by atoms with Crippen molar-refractivity contribution in [2.75, 3.05) is 0 Å². The molecule has 0 aromatic heterocycles. The molecule has 3 rings (SSSR count). The van der Waals surface area contributed by atoms with Crippen LogP contribution < -0.4 is 10.1 Å². The highest BCUT2D eigenvalue weighted by Gasteiger charge is 2.34. The standard InChI is InChI=1S/C23H16F3NO4/c24-23(25,26)18-8-4-5-9-20(18)31-17-12-10-15(11-13-17)14-19(22(29)30)27-21(28)16-6-2-1-3-7-16/h1-14H,(H,27,28)(H,29,30). The molecule has 0 aliphatic rings. The zero-order chi connectivity index (χ0) is 22.4. The lowest BCUT2D eigenvalue weighted by molar-refractivity contribution is -0.138. The van der Waals surface area contributed by atoms with Gasteiger partial charge in [-0.25, -0.2) is 4.79 Å². The Morgan fingerprint density at radius 1 is 0.871 bits per heavy atom. The van der Waals surface area contributed by atoms with Gasteiger partial charge in [0.05, 0.1) is 5.56 Å². The van der Waals surface area contributed by atoms with E-state index in [1.54, 1.807) is 30.3 Å². The first-order valence-corrected chi connectivity index (χ1v) is 8.99. The monoisotopic (exact) mass is 427 g/mol. The fourth-order valence-electron chi connectivity index (χ4n) is 2.65. The van der Waals surface area contributed by atoms with E-state index in [9.17, 15) is 27.9 Å². The summed E-state index contributed by atoms with van der Waals surface area (Å²) in [5.41, 5.74) is -0.565. The van der Waals surface area contributed by atoms with Gasteiger partial charge in [0.1, 0.15) is 17.2 Å². The van der Waals surface area contributed by atoms with Gasteiger partial charge in [0, 0.05) is 5.56 Å². The van der Waals surface area contributed by atoms with Crippen molar-refractivity contribution in [3.8, 4) is 11.5 Å². The first-order chi connectivity index (χ1) is 14.7. The molecule has 0 atom stereocenters. The van der Waals surface area contributed by atoms with Crippen LogP contribution in [0.5, 0.6) is 11.5 Å². The molecule has 0 fully saturated rings. The summed E-state index contributed by atoms with van der Waals surface area (Å²) in [6.45, 7) is 0. The van der Waals surface area contributed by atoms with E-state index >= 15 is 0 Å². The van der Waals surface area contributed by atoms with Crippen molar-refractivity contribution in [2.24, 2.45) is 0 Å². The van der Waals surface area contributed by atoms with Crippen LogP contribution in [0.2, 0.25) is 0 Å². The van der Waals surface area contributed by atoms with E-state index in [-0.39, 0.29) is 17.2 Å². The number of hydrogen-bond donors (Lipinski definition) is 2. The Morgan fingerprint density at radius 3 is 2.10 bits per heavy atom. The highest BCUT2D eigenvalue weighted by Crippen LogP contribution is 2.37. The molecule has 0 aliphatic carbocycles. The minimum absolute atomic E-state index is 0.138. The maximum atomic E-state index is 13.1. The number of amides is 1. The molecule has 0 radical (unpaired) electrons. The fraction of sp³-hybridized carbons (Fsp3) is 0.0435. The van der Waals surface area contributed by atoms with E-state index in [0.29, 0.717) is 11.1 Å². The minimum atomic E-state index is -4.56. The van der Waals surface area contributed by atoms with Gasteiger partial charge < -0.3 is 15.2 Å². The Labute approximate surface area is 175 Å². The number of carboxylic acids is 1. The second-order valence-electron chi connectivity index (χ2n) is 6.35. The summed E-state index contributed by atoms with van der Waals surface area (Å²) in [5, 5.41) is 11.7. The highest BCUT2D eigenvalue weighted by molar-refractivity contribution is 6.02. The summed E-state index contributed by atoms with van der Waals surface area (Å²) in [4.78, 5) is 23.7. The Morgan fingerprint density at radius 2 is 1.48 bits per heavy atom. The molecule has 0 unspecified atom stereocenters. The van der Waals surface area contributed by atoms with Crippen molar-refractivity contribution in [3.05, 3.63) is 101 Å². The number of ether oxygens (including phenoxy) is 1. The maximum Gasteiger partial charge on any atom is 0.419 e. The summed E-state index contributed by atoms with van der Waals surface area (Å²) in [6.07, 6.45) is -3.33. The first-order valence-electron chi connectivity index (χ1n) is 8.99. The molecule has 0 bridgehead atoms. The topological polar surface area (TPSA) is 75.6 Å². The molecule has 158 valence electrons. The molecule has 3 aromatic rings. The molecule has 0 spiro atoms. The quantitative estimate of drug-likeness (QED) is 0.520. The number of carbonyl (C=O) groups excluding carboxylic acids is 1. The molecule has 0 heterocycles. The smallest absolute Gasteiger partial charge is 0.419 e. The lowest BCUT2D eigenvalue weighted by atomic mass is 10.1. The van der Waals surface area contributed by atoms with Crippen LogP contribution >= 0.6 is 0 Å². The van der Waals surface area contributed by atoms with Gasteiger partial charge in [0.15, 0.2) is 0 Å². The van der Waals surface area contributed by atoms with E-state index in [0.717, 1.165) is 6.07 Å². The number of hydrogen-bond acceptors (Lipinski definition) is 3. The largest absolute Gasteiger partial charge is 0.477 e. The lowest BCUT2D eigenvalue weighted by Crippen LogP contribution is -2.27. The van der Waals surface area contributed by atoms with Gasteiger partial charge >= 0.3 is 12.1 Å². The van der Waals surface area contributed by atoms with Gasteiger partial charge in [-0.1, -0.05) is 42.5 Å². The van der Waals surface area contributed by atoms with Crippen molar-refractivity contribution in [3.63, 3.8) is 0 Å². The molecule has 0 saturated heterocycles. The van der Waals surface area contributed by atoms with Crippen molar-refractivity contribution in [2.45, 2.75) is 6.18 Å². The Bertz CT molecular complexity index is 1110. The van der Waals surface area contributed by atoms with Crippen LogP contribution in [-0.4, -0.2) is 17.0 Å². The number of alkyl halides is 3. The van der Waals surface area contributed by atoms with Crippen LogP contribution in [0.15, 0.2) is 84.6 Å². The molecule has 0 saturated carbocycles. The number of nitrogens with one attached hydrogen (secondary N) is 1. The molecule has 1 amide bonds. The molecule has 2 N–H and O–H groups in total. The third-order valence-corrected chi connectivity index (χ3v) is 4.13. The van der Waals surface area contributed by atoms with Gasteiger partial charge in [-0.15, -0.1) is 0 Å². The Hall–Kier alpha value is -4.07. The van der Waals surface area contributed by atoms with Crippen LogP contribution in [0.4, 0.5) is 13.2 Å². The van der Waals surface area contributed by atoms with Crippen molar-refractivity contribution in [1.29, 1.82) is 0 Å². The Kier molecular flexibility index (Phi) is 6.40. The van der Waals surface area contributed by atoms with E-state index < -0.39 is 23.6 Å². The Balaban J connectivity index is 1.78. The second-order valence-corrected chi connectivity index (χ2v) is 6.35. The van der Waals surface area contributed by atoms with Crippen molar-refractivity contribution < 1.29 is 32.6 Å². The number of benzene rings is 3. The predicted molar refractivity (Wildman–Crippen MR) is 107 cm³/mol. The van der Waals surface area contributed by atoms with Gasteiger partial charge in [0.2, 0.25) is 0 Å².